The fourth-order valence-electron chi connectivity index (χ4n) is 4.34. The molecule has 0 aromatic heterocycles. The standard InChI is InChI=1S/C20H32O2/c1-13(2)10-16(21)11-20(5)12-17-14(3)7-9-19(22)15(4)6-8-18(17)20/h6,10,16-19,21-22H,3,7-9,11-12H2,1-2,4-5H3/b15-6-/t16?,17?,18-,19-,20-/m1/s1. The van der Waals surface area contributed by atoms with Crippen LogP contribution in [0.1, 0.15) is 59.8 Å². The minimum absolute atomic E-state index is 0.172. The maximum absolute atomic E-state index is 10.3. The molecule has 0 aromatic carbocycles. The van der Waals surface area contributed by atoms with Crippen LogP contribution in [-0.4, -0.2) is 22.4 Å². The molecular weight excluding hydrogens is 272 g/mol. The van der Waals surface area contributed by atoms with E-state index in [-0.39, 0.29) is 17.6 Å². The third-order valence-electron chi connectivity index (χ3n) is 5.75. The second-order valence-electron chi connectivity index (χ2n) is 7.98. The van der Waals surface area contributed by atoms with Gasteiger partial charge in [0, 0.05) is 0 Å². The van der Waals surface area contributed by atoms with Crippen molar-refractivity contribution in [2.45, 2.75) is 72.0 Å². The van der Waals surface area contributed by atoms with E-state index in [2.05, 4.69) is 19.6 Å². The lowest BCUT2D eigenvalue weighted by atomic mass is 9.50. The van der Waals surface area contributed by atoms with Crippen LogP contribution in [0.3, 0.4) is 0 Å². The first kappa shape index (κ1) is 17.5. The third kappa shape index (κ3) is 3.72. The van der Waals surface area contributed by atoms with Crippen LogP contribution < -0.4 is 0 Å². The molecule has 0 radical (unpaired) electrons. The summed E-state index contributed by atoms with van der Waals surface area (Å²) >= 11 is 0. The number of hydrogen-bond donors (Lipinski definition) is 2. The lowest BCUT2D eigenvalue weighted by Crippen LogP contribution is -2.48. The smallest absolute Gasteiger partial charge is 0.0750 e. The van der Waals surface area contributed by atoms with Gasteiger partial charge in [-0.25, -0.2) is 0 Å². The summed E-state index contributed by atoms with van der Waals surface area (Å²) in [7, 11) is 0. The molecule has 124 valence electrons. The highest BCUT2D eigenvalue weighted by molar-refractivity contribution is 5.19. The molecule has 2 aliphatic carbocycles. The topological polar surface area (TPSA) is 40.5 Å². The maximum atomic E-state index is 10.3. The van der Waals surface area contributed by atoms with Gasteiger partial charge >= 0.3 is 0 Å². The Morgan fingerprint density at radius 2 is 2.18 bits per heavy atom. The molecule has 2 aliphatic rings. The summed E-state index contributed by atoms with van der Waals surface area (Å²) in [5, 5.41) is 20.4. The Hall–Kier alpha value is -0.860. The van der Waals surface area contributed by atoms with E-state index in [0.717, 1.165) is 37.7 Å². The second-order valence-corrected chi connectivity index (χ2v) is 7.98. The van der Waals surface area contributed by atoms with Gasteiger partial charge in [0.1, 0.15) is 0 Å². The van der Waals surface area contributed by atoms with Gasteiger partial charge in [0.05, 0.1) is 12.2 Å². The molecule has 0 aromatic rings. The summed E-state index contributed by atoms with van der Waals surface area (Å²) in [4.78, 5) is 0. The van der Waals surface area contributed by atoms with Gasteiger partial charge in [0.2, 0.25) is 0 Å². The Morgan fingerprint density at radius 1 is 1.50 bits per heavy atom. The first-order valence-corrected chi connectivity index (χ1v) is 8.58. The van der Waals surface area contributed by atoms with E-state index in [4.69, 9.17) is 0 Å². The van der Waals surface area contributed by atoms with Crippen molar-refractivity contribution in [1.29, 1.82) is 0 Å². The van der Waals surface area contributed by atoms with E-state index in [1.54, 1.807) is 0 Å². The molecule has 2 unspecified atom stereocenters. The molecule has 2 N–H and O–H groups in total. The van der Waals surface area contributed by atoms with Crippen molar-refractivity contribution in [3.8, 4) is 0 Å². The fraction of sp³-hybridized carbons (Fsp3) is 0.700. The molecule has 0 spiro atoms. The number of fused-ring (bicyclic) bond motifs is 1. The summed E-state index contributed by atoms with van der Waals surface area (Å²) in [6.07, 6.45) is 8.14. The van der Waals surface area contributed by atoms with Crippen LogP contribution in [0, 0.1) is 17.3 Å². The zero-order chi connectivity index (χ0) is 16.5. The first-order chi connectivity index (χ1) is 10.2. The molecule has 0 heterocycles. The molecule has 5 atom stereocenters. The molecule has 1 fully saturated rings. The summed E-state index contributed by atoms with van der Waals surface area (Å²) < 4.78 is 0. The van der Waals surface area contributed by atoms with Crippen LogP contribution in [0.2, 0.25) is 0 Å². The normalized spacial score (nSPS) is 39.3. The van der Waals surface area contributed by atoms with Crippen LogP contribution in [0.5, 0.6) is 0 Å². The van der Waals surface area contributed by atoms with Crippen molar-refractivity contribution in [3.05, 3.63) is 35.5 Å². The van der Waals surface area contributed by atoms with Crippen LogP contribution >= 0.6 is 0 Å². The van der Waals surface area contributed by atoms with E-state index < -0.39 is 0 Å². The first-order valence-electron chi connectivity index (χ1n) is 8.58. The minimum Gasteiger partial charge on any atom is -0.389 e. The van der Waals surface area contributed by atoms with Crippen molar-refractivity contribution >= 4 is 0 Å². The Balaban J connectivity index is 2.13. The van der Waals surface area contributed by atoms with Gasteiger partial charge in [-0.15, -0.1) is 0 Å². The average molecular weight is 304 g/mol. The second kappa shape index (κ2) is 6.72. The van der Waals surface area contributed by atoms with Crippen molar-refractivity contribution in [1.82, 2.24) is 0 Å². The predicted octanol–water partition coefficient (Wildman–Crippen LogP) is 4.39. The summed E-state index contributed by atoms with van der Waals surface area (Å²) in [6, 6.07) is 0. The summed E-state index contributed by atoms with van der Waals surface area (Å²) in [5.41, 5.74) is 3.73. The Bertz CT molecular complexity index is 484. The molecule has 0 aliphatic heterocycles. The van der Waals surface area contributed by atoms with Crippen LogP contribution in [-0.2, 0) is 0 Å². The lowest BCUT2D eigenvalue weighted by Gasteiger charge is -2.55. The highest BCUT2D eigenvalue weighted by Crippen LogP contribution is 2.58. The maximum Gasteiger partial charge on any atom is 0.0750 e. The molecule has 2 nitrogen and oxygen atoms in total. The zero-order valence-electron chi connectivity index (χ0n) is 14.6. The summed E-state index contributed by atoms with van der Waals surface area (Å²) in [6.45, 7) is 12.7. The van der Waals surface area contributed by atoms with Gasteiger partial charge in [-0.1, -0.05) is 36.8 Å². The Labute approximate surface area is 135 Å². The number of aliphatic hydroxyl groups is 2. The molecule has 2 rings (SSSR count). The Morgan fingerprint density at radius 3 is 2.82 bits per heavy atom. The minimum atomic E-state index is -0.354. The number of hydrogen-bond acceptors (Lipinski definition) is 2. The van der Waals surface area contributed by atoms with Gasteiger partial charge in [0.25, 0.3) is 0 Å². The van der Waals surface area contributed by atoms with Gasteiger partial charge in [-0.05, 0) is 75.7 Å². The van der Waals surface area contributed by atoms with Crippen molar-refractivity contribution in [3.63, 3.8) is 0 Å². The molecular formula is C20H32O2. The number of aliphatic hydroxyl groups excluding tert-OH is 2. The monoisotopic (exact) mass is 304 g/mol. The molecule has 0 bridgehead atoms. The molecule has 0 saturated heterocycles. The van der Waals surface area contributed by atoms with Gasteiger partial charge < -0.3 is 10.2 Å². The quantitative estimate of drug-likeness (QED) is 0.759. The van der Waals surface area contributed by atoms with E-state index in [0.29, 0.717) is 11.8 Å². The largest absolute Gasteiger partial charge is 0.389 e. The highest BCUT2D eigenvalue weighted by Gasteiger charge is 2.50. The number of rotatable bonds is 3. The fourth-order valence-corrected chi connectivity index (χ4v) is 4.34. The summed E-state index contributed by atoms with van der Waals surface area (Å²) in [5.74, 6) is 1.10. The van der Waals surface area contributed by atoms with Crippen LogP contribution in [0.4, 0.5) is 0 Å². The number of allylic oxidation sites excluding steroid dienone is 3. The SMILES string of the molecule is C=C1CC[C@@H](O)/C(C)=C\C[C@@H]2C1C[C@@]2(C)CC(O)C=C(C)C. The average Bonchev–Trinajstić information content (AvgIpc) is 2.43. The third-order valence-corrected chi connectivity index (χ3v) is 5.75. The predicted molar refractivity (Wildman–Crippen MR) is 92.5 cm³/mol. The van der Waals surface area contributed by atoms with Crippen molar-refractivity contribution in [2.75, 3.05) is 0 Å². The van der Waals surface area contributed by atoms with E-state index in [1.165, 1.54) is 11.1 Å². The van der Waals surface area contributed by atoms with Gasteiger partial charge in [-0.2, -0.15) is 0 Å². The van der Waals surface area contributed by atoms with Crippen LogP contribution in [0.15, 0.2) is 35.5 Å². The Kier molecular flexibility index (Phi) is 5.34. The van der Waals surface area contributed by atoms with Gasteiger partial charge in [-0.3, -0.25) is 0 Å². The molecule has 22 heavy (non-hydrogen) atoms. The zero-order valence-corrected chi connectivity index (χ0v) is 14.6. The van der Waals surface area contributed by atoms with E-state index in [9.17, 15) is 10.2 Å². The molecule has 0 amide bonds. The van der Waals surface area contributed by atoms with E-state index in [1.807, 2.05) is 26.8 Å². The van der Waals surface area contributed by atoms with Gasteiger partial charge in [0.15, 0.2) is 0 Å². The van der Waals surface area contributed by atoms with Crippen LogP contribution in [0.25, 0.3) is 0 Å². The van der Waals surface area contributed by atoms with Crippen molar-refractivity contribution in [2.24, 2.45) is 17.3 Å². The van der Waals surface area contributed by atoms with Crippen molar-refractivity contribution < 1.29 is 10.2 Å². The highest BCUT2D eigenvalue weighted by atomic mass is 16.3. The molecule has 2 heteroatoms. The molecule has 1 saturated carbocycles. The van der Waals surface area contributed by atoms with E-state index >= 15 is 0 Å². The lowest BCUT2D eigenvalue weighted by molar-refractivity contribution is -0.0377.